The van der Waals surface area contributed by atoms with Crippen LogP contribution in [0.4, 0.5) is 8.78 Å². The van der Waals surface area contributed by atoms with Crippen molar-refractivity contribution in [2.75, 3.05) is 7.11 Å². The Morgan fingerprint density at radius 3 is 2.69 bits per heavy atom. The Kier molecular flexibility index (Phi) is 4.88. The first kappa shape index (κ1) is 17.8. The molecule has 26 heavy (non-hydrogen) atoms. The minimum atomic E-state index is -1.10. The number of ether oxygens (including phenoxy) is 1. The largest absolute Gasteiger partial charge is 0.496 e. The predicted octanol–water partition coefficient (Wildman–Crippen LogP) is 3.09. The van der Waals surface area contributed by atoms with E-state index in [0.29, 0.717) is 12.0 Å². The topological polar surface area (TPSA) is 75.6 Å². The molecule has 1 saturated carbocycles. The van der Waals surface area contributed by atoms with Crippen LogP contribution in [0.25, 0.3) is 0 Å². The van der Waals surface area contributed by atoms with Crippen LogP contribution in [0, 0.1) is 17.6 Å². The molecule has 0 unspecified atom stereocenters. The van der Waals surface area contributed by atoms with Gasteiger partial charge in [0, 0.05) is 12.5 Å². The maximum Gasteiger partial charge on any atom is 0.339 e. The molecule has 0 radical (unpaired) electrons. The van der Waals surface area contributed by atoms with Crippen molar-refractivity contribution in [2.24, 2.45) is 5.92 Å². The van der Waals surface area contributed by atoms with Gasteiger partial charge in [0.2, 0.25) is 5.91 Å². The van der Waals surface area contributed by atoms with Crippen molar-refractivity contribution in [3.63, 3.8) is 0 Å². The number of carboxylic acid groups (broad SMARTS) is 1. The quantitative estimate of drug-likeness (QED) is 0.829. The summed E-state index contributed by atoms with van der Waals surface area (Å²) in [5.74, 6) is -2.91. The summed E-state index contributed by atoms with van der Waals surface area (Å²) in [6.07, 6.45) is 0.466. The Balaban J connectivity index is 1.62. The molecule has 7 heteroatoms. The van der Waals surface area contributed by atoms with E-state index in [9.17, 15) is 18.4 Å². The average molecular weight is 361 g/mol. The number of rotatable bonds is 6. The van der Waals surface area contributed by atoms with Gasteiger partial charge in [-0.15, -0.1) is 0 Å². The Morgan fingerprint density at radius 1 is 1.23 bits per heavy atom. The molecule has 0 bridgehead atoms. The molecular weight excluding hydrogens is 344 g/mol. The van der Waals surface area contributed by atoms with Gasteiger partial charge >= 0.3 is 5.97 Å². The summed E-state index contributed by atoms with van der Waals surface area (Å²) in [6.45, 7) is 0.184. The SMILES string of the molecule is COc1cc(CNC(=O)[C@H]2C[C@@H]2c2cc(F)ccc2F)ccc1C(=O)O. The number of methoxy groups -OCH3 is 1. The molecule has 3 rings (SSSR count). The Labute approximate surface area is 148 Å². The van der Waals surface area contributed by atoms with Crippen LogP contribution in [0.2, 0.25) is 0 Å². The number of carbonyl (C=O) groups is 2. The summed E-state index contributed by atoms with van der Waals surface area (Å²) in [4.78, 5) is 23.3. The molecular formula is C19H17F2NO4. The number of halogens is 2. The molecule has 2 aromatic carbocycles. The van der Waals surface area contributed by atoms with Crippen molar-refractivity contribution in [3.05, 3.63) is 64.7 Å². The van der Waals surface area contributed by atoms with Gasteiger partial charge in [0.05, 0.1) is 7.11 Å². The number of aromatic carboxylic acids is 1. The third-order valence-electron chi connectivity index (χ3n) is 4.45. The molecule has 2 atom stereocenters. The van der Waals surface area contributed by atoms with Gasteiger partial charge in [0.1, 0.15) is 22.9 Å². The van der Waals surface area contributed by atoms with E-state index in [1.54, 1.807) is 12.1 Å². The van der Waals surface area contributed by atoms with Gasteiger partial charge in [0.25, 0.3) is 0 Å². The summed E-state index contributed by atoms with van der Waals surface area (Å²) in [6, 6.07) is 7.77. The van der Waals surface area contributed by atoms with E-state index in [-0.39, 0.29) is 35.2 Å². The fraction of sp³-hybridized carbons (Fsp3) is 0.263. The minimum absolute atomic E-state index is 0.0337. The second-order valence-electron chi connectivity index (χ2n) is 6.17. The van der Waals surface area contributed by atoms with Crippen molar-refractivity contribution >= 4 is 11.9 Å². The smallest absolute Gasteiger partial charge is 0.339 e. The zero-order valence-corrected chi connectivity index (χ0v) is 14.0. The van der Waals surface area contributed by atoms with E-state index < -0.39 is 23.5 Å². The van der Waals surface area contributed by atoms with Gasteiger partial charge in [-0.3, -0.25) is 4.79 Å². The number of carboxylic acids is 1. The van der Waals surface area contributed by atoms with Crippen LogP contribution in [0.5, 0.6) is 5.75 Å². The zero-order valence-electron chi connectivity index (χ0n) is 14.0. The highest BCUT2D eigenvalue weighted by Crippen LogP contribution is 2.48. The molecule has 1 amide bonds. The highest BCUT2D eigenvalue weighted by molar-refractivity contribution is 5.91. The van der Waals surface area contributed by atoms with E-state index in [2.05, 4.69) is 5.32 Å². The summed E-state index contributed by atoms with van der Waals surface area (Å²) >= 11 is 0. The number of benzene rings is 2. The van der Waals surface area contributed by atoms with Crippen molar-refractivity contribution in [3.8, 4) is 5.75 Å². The first-order valence-corrected chi connectivity index (χ1v) is 8.03. The van der Waals surface area contributed by atoms with E-state index >= 15 is 0 Å². The van der Waals surface area contributed by atoms with Crippen LogP contribution in [0.1, 0.15) is 33.8 Å². The molecule has 0 saturated heterocycles. The van der Waals surface area contributed by atoms with Gasteiger partial charge in [-0.05, 0) is 53.8 Å². The summed E-state index contributed by atoms with van der Waals surface area (Å²) in [7, 11) is 1.37. The Bertz CT molecular complexity index is 869. The van der Waals surface area contributed by atoms with Gasteiger partial charge in [-0.2, -0.15) is 0 Å². The molecule has 0 aromatic heterocycles. The molecule has 136 valence electrons. The highest BCUT2D eigenvalue weighted by atomic mass is 19.1. The lowest BCUT2D eigenvalue weighted by atomic mass is 10.1. The molecule has 0 aliphatic heterocycles. The number of hydrogen-bond acceptors (Lipinski definition) is 3. The first-order valence-electron chi connectivity index (χ1n) is 8.03. The lowest BCUT2D eigenvalue weighted by Gasteiger charge is -2.09. The molecule has 1 aliphatic carbocycles. The fourth-order valence-corrected chi connectivity index (χ4v) is 2.97. The number of nitrogens with one attached hydrogen (secondary N) is 1. The lowest BCUT2D eigenvalue weighted by molar-refractivity contribution is -0.122. The number of carbonyl (C=O) groups excluding carboxylic acids is 1. The lowest BCUT2D eigenvalue weighted by Crippen LogP contribution is -2.25. The Morgan fingerprint density at radius 2 is 2.00 bits per heavy atom. The molecule has 1 aliphatic rings. The van der Waals surface area contributed by atoms with Crippen molar-refractivity contribution in [1.29, 1.82) is 0 Å². The van der Waals surface area contributed by atoms with E-state index in [4.69, 9.17) is 9.84 Å². The van der Waals surface area contributed by atoms with Gasteiger partial charge < -0.3 is 15.2 Å². The molecule has 0 heterocycles. The molecule has 0 spiro atoms. The highest BCUT2D eigenvalue weighted by Gasteiger charge is 2.45. The van der Waals surface area contributed by atoms with E-state index in [0.717, 1.165) is 18.2 Å². The average Bonchev–Trinajstić information content (AvgIpc) is 3.42. The van der Waals surface area contributed by atoms with Crippen LogP contribution in [-0.2, 0) is 11.3 Å². The number of hydrogen-bond donors (Lipinski definition) is 2. The number of amides is 1. The fourth-order valence-electron chi connectivity index (χ4n) is 2.97. The predicted molar refractivity (Wildman–Crippen MR) is 89.0 cm³/mol. The second kappa shape index (κ2) is 7.11. The molecule has 2 N–H and O–H groups in total. The summed E-state index contributed by atoms with van der Waals surface area (Å²) < 4.78 is 32.1. The van der Waals surface area contributed by atoms with E-state index in [1.165, 1.54) is 13.2 Å². The summed E-state index contributed by atoms with van der Waals surface area (Å²) in [5, 5.41) is 11.8. The van der Waals surface area contributed by atoms with Crippen LogP contribution < -0.4 is 10.1 Å². The third kappa shape index (κ3) is 3.66. The van der Waals surface area contributed by atoms with Gasteiger partial charge in [0.15, 0.2) is 0 Å². The molecule has 1 fully saturated rings. The van der Waals surface area contributed by atoms with Crippen LogP contribution >= 0.6 is 0 Å². The maximum atomic E-state index is 13.8. The summed E-state index contributed by atoms with van der Waals surface area (Å²) in [5.41, 5.74) is 0.929. The van der Waals surface area contributed by atoms with Crippen molar-refractivity contribution in [1.82, 2.24) is 5.32 Å². The normalized spacial score (nSPS) is 18.3. The first-order chi connectivity index (χ1) is 12.4. The van der Waals surface area contributed by atoms with E-state index in [1.807, 2.05) is 0 Å². The van der Waals surface area contributed by atoms with Crippen LogP contribution in [-0.4, -0.2) is 24.1 Å². The maximum absolute atomic E-state index is 13.8. The van der Waals surface area contributed by atoms with Crippen LogP contribution in [0.15, 0.2) is 36.4 Å². The van der Waals surface area contributed by atoms with Crippen LogP contribution in [0.3, 0.4) is 0 Å². The minimum Gasteiger partial charge on any atom is -0.496 e. The molecule has 5 nitrogen and oxygen atoms in total. The third-order valence-corrected chi connectivity index (χ3v) is 4.45. The van der Waals surface area contributed by atoms with Gasteiger partial charge in [-0.25, -0.2) is 13.6 Å². The van der Waals surface area contributed by atoms with Gasteiger partial charge in [-0.1, -0.05) is 6.07 Å². The van der Waals surface area contributed by atoms with Crippen molar-refractivity contribution < 1.29 is 28.2 Å². The molecule has 2 aromatic rings. The standard InChI is InChI=1S/C19H17F2NO4/c1-26-17-6-10(2-4-12(17)19(24)25)9-22-18(23)15-8-13(15)14-7-11(20)3-5-16(14)21/h2-7,13,15H,8-9H2,1H3,(H,22,23)(H,24,25)/t13-,15+/m1/s1. The van der Waals surface area contributed by atoms with Crippen molar-refractivity contribution in [2.45, 2.75) is 18.9 Å². The zero-order chi connectivity index (χ0) is 18.8. The Hall–Kier alpha value is -2.96. The monoisotopic (exact) mass is 361 g/mol. The second-order valence-corrected chi connectivity index (χ2v) is 6.17.